The minimum absolute atomic E-state index is 0.00653. The maximum atomic E-state index is 12.0. The highest BCUT2D eigenvalue weighted by atomic mass is 16.4. The summed E-state index contributed by atoms with van der Waals surface area (Å²) in [5.74, 6) is -1.63. The van der Waals surface area contributed by atoms with Gasteiger partial charge in [0.05, 0.1) is 12.0 Å². The van der Waals surface area contributed by atoms with E-state index in [4.69, 9.17) is 0 Å². The molecule has 4 nitrogen and oxygen atoms in total. The van der Waals surface area contributed by atoms with Gasteiger partial charge in [0.2, 0.25) is 5.91 Å². The number of likely N-dealkylation sites (tertiary alicyclic amines) is 1. The Bertz CT molecular complexity index is 455. The number of rotatable bonds is 3. The number of hydrogen-bond acceptors (Lipinski definition) is 2. The molecule has 0 aromatic heterocycles. The largest absolute Gasteiger partial charge is 0.481 e. The van der Waals surface area contributed by atoms with Gasteiger partial charge in [-0.25, -0.2) is 0 Å². The van der Waals surface area contributed by atoms with Crippen LogP contribution in [0.5, 0.6) is 0 Å². The average Bonchev–Trinajstić information content (AvgIpc) is 2.68. The lowest BCUT2D eigenvalue weighted by molar-refractivity contribution is -0.142. The summed E-state index contributed by atoms with van der Waals surface area (Å²) in [5.41, 5.74) is 0.893. The molecule has 0 spiro atoms. The molecular formula is C14H17NO3. The van der Waals surface area contributed by atoms with Gasteiger partial charge in [-0.1, -0.05) is 30.3 Å². The third kappa shape index (κ3) is 2.10. The summed E-state index contributed by atoms with van der Waals surface area (Å²) in [6, 6.07) is 9.05. The predicted molar refractivity (Wildman–Crippen MR) is 66.9 cm³/mol. The van der Waals surface area contributed by atoms with Gasteiger partial charge in [0.15, 0.2) is 0 Å². The van der Waals surface area contributed by atoms with E-state index in [1.54, 1.807) is 4.90 Å². The summed E-state index contributed by atoms with van der Waals surface area (Å²) in [4.78, 5) is 25.0. The minimum Gasteiger partial charge on any atom is -0.481 e. The molecule has 1 N–H and O–H groups in total. The van der Waals surface area contributed by atoms with Gasteiger partial charge in [-0.2, -0.15) is 0 Å². The van der Waals surface area contributed by atoms with Crippen molar-refractivity contribution in [1.29, 1.82) is 0 Å². The second-order valence-corrected chi connectivity index (χ2v) is 4.90. The first kappa shape index (κ1) is 12.6. The molecule has 0 bridgehead atoms. The highest BCUT2D eigenvalue weighted by Crippen LogP contribution is 2.39. The molecule has 2 atom stereocenters. The van der Waals surface area contributed by atoms with E-state index in [-0.39, 0.29) is 24.4 Å². The van der Waals surface area contributed by atoms with Crippen molar-refractivity contribution >= 4 is 11.9 Å². The van der Waals surface area contributed by atoms with Gasteiger partial charge in [0.25, 0.3) is 0 Å². The molecule has 1 saturated heterocycles. The number of carboxylic acid groups (broad SMARTS) is 1. The van der Waals surface area contributed by atoms with Crippen LogP contribution in [-0.2, 0) is 9.59 Å². The van der Waals surface area contributed by atoms with Crippen molar-refractivity contribution in [3.8, 4) is 0 Å². The summed E-state index contributed by atoms with van der Waals surface area (Å²) >= 11 is 0. The van der Waals surface area contributed by atoms with Crippen LogP contribution in [0.3, 0.4) is 0 Å². The highest BCUT2D eigenvalue weighted by Gasteiger charge is 2.45. The Hall–Kier alpha value is -1.84. The van der Waals surface area contributed by atoms with E-state index in [1.165, 1.54) is 0 Å². The smallest absolute Gasteiger partial charge is 0.309 e. The van der Waals surface area contributed by atoms with Gasteiger partial charge >= 0.3 is 5.97 Å². The Kier molecular flexibility index (Phi) is 3.36. The number of carbonyl (C=O) groups is 2. The maximum Gasteiger partial charge on any atom is 0.309 e. The molecule has 1 aromatic rings. The van der Waals surface area contributed by atoms with Crippen LogP contribution in [0.25, 0.3) is 0 Å². The number of aliphatic carboxylic acids is 1. The van der Waals surface area contributed by atoms with Crippen molar-refractivity contribution in [2.24, 2.45) is 5.92 Å². The van der Waals surface area contributed by atoms with Gasteiger partial charge in [-0.15, -0.1) is 0 Å². The third-order valence-electron chi connectivity index (χ3n) is 3.38. The molecule has 4 heteroatoms. The van der Waals surface area contributed by atoms with Crippen LogP contribution in [0.2, 0.25) is 0 Å². The zero-order valence-electron chi connectivity index (χ0n) is 10.5. The number of carbonyl (C=O) groups excluding carboxylic acids is 1. The van der Waals surface area contributed by atoms with Crippen molar-refractivity contribution in [3.05, 3.63) is 35.9 Å². The first-order valence-electron chi connectivity index (χ1n) is 6.11. The van der Waals surface area contributed by atoms with Crippen molar-refractivity contribution in [2.75, 3.05) is 0 Å². The van der Waals surface area contributed by atoms with Crippen LogP contribution in [0.4, 0.5) is 0 Å². The number of amides is 1. The Morgan fingerprint density at radius 3 is 2.44 bits per heavy atom. The molecule has 96 valence electrons. The molecule has 1 aromatic carbocycles. The maximum absolute atomic E-state index is 12.0. The van der Waals surface area contributed by atoms with E-state index in [9.17, 15) is 14.7 Å². The van der Waals surface area contributed by atoms with Crippen molar-refractivity contribution in [1.82, 2.24) is 4.90 Å². The van der Waals surface area contributed by atoms with Crippen LogP contribution in [-0.4, -0.2) is 27.9 Å². The van der Waals surface area contributed by atoms with E-state index in [1.807, 2.05) is 44.2 Å². The molecule has 18 heavy (non-hydrogen) atoms. The number of carboxylic acids is 1. The van der Waals surface area contributed by atoms with Crippen molar-refractivity contribution in [2.45, 2.75) is 32.4 Å². The number of benzene rings is 1. The fourth-order valence-corrected chi connectivity index (χ4v) is 2.63. The van der Waals surface area contributed by atoms with Crippen LogP contribution in [0.1, 0.15) is 31.9 Å². The zero-order valence-corrected chi connectivity index (χ0v) is 10.5. The molecule has 0 saturated carbocycles. The summed E-state index contributed by atoms with van der Waals surface area (Å²) in [6.07, 6.45) is 0.0904. The lowest BCUT2D eigenvalue weighted by Gasteiger charge is -2.30. The van der Waals surface area contributed by atoms with Gasteiger partial charge in [-0.05, 0) is 19.4 Å². The van der Waals surface area contributed by atoms with Crippen LogP contribution in [0, 0.1) is 5.92 Å². The van der Waals surface area contributed by atoms with Gasteiger partial charge < -0.3 is 10.0 Å². The first-order valence-corrected chi connectivity index (χ1v) is 6.11. The molecule has 1 aliphatic heterocycles. The average molecular weight is 247 g/mol. The SMILES string of the molecule is CC(C)N1C(=O)C[C@@H](C(=O)O)[C@@H]1c1ccccc1. The van der Waals surface area contributed by atoms with Gasteiger partial charge in [-0.3, -0.25) is 9.59 Å². The molecule has 2 rings (SSSR count). The number of nitrogens with zero attached hydrogens (tertiary/aromatic N) is 1. The van der Waals surface area contributed by atoms with E-state index in [0.29, 0.717) is 0 Å². The molecule has 0 unspecified atom stereocenters. The molecule has 1 fully saturated rings. The first-order chi connectivity index (χ1) is 8.52. The standard InChI is InChI=1S/C14H17NO3/c1-9(2)15-12(16)8-11(14(17)18)13(15)10-6-4-3-5-7-10/h3-7,9,11,13H,8H2,1-2H3,(H,17,18)/t11-,13+/m1/s1. The topological polar surface area (TPSA) is 57.6 Å². The lowest BCUT2D eigenvalue weighted by atomic mass is 9.93. The van der Waals surface area contributed by atoms with Crippen LogP contribution >= 0.6 is 0 Å². The van der Waals surface area contributed by atoms with E-state index in [2.05, 4.69) is 0 Å². The summed E-state index contributed by atoms with van der Waals surface area (Å²) < 4.78 is 0. The normalized spacial score (nSPS) is 23.7. The van der Waals surface area contributed by atoms with E-state index >= 15 is 0 Å². The fraction of sp³-hybridized carbons (Fsp3) is 0.429. The molecule has 1 aliphatic rings. The van der Waals surface area contributed by atoms with E-state index < -0.39 is 11.9 Å². The Morgan fingerprint density at radius 2 is 1.94 bits per heavy atom. The number of hydrogen-bond donors (Lipinski definition) is 1. The molecule has 0 radical (unpaired) electrons. The second-order valence-electron chi connectivity index (χ2n) is 4.90. The third-order valence-corrected chi connectivity index (χ3v) is 3.38. The lowest BCUT2D eigenvalue weighted by Crippen LogP contribution is -2.36. The summed E-state index contributed by atoms with van der Waals surface area (Å²) in [7, 11) is 0. The molecule has 1 heterocycles. The molecule has 1 amide bonds. The molecule has 0 aliphatic carbocycles. The monoisotopic (exact) mass is 247 g/mol. The Morgan fingerprint density at radius 1 is 1.33 bits per heavy atom. The predicted octanol–water partition coefficient (Wildman–Crippen LogP) is 2.07. The quantitative estimate of drug-likeness (QED) is 0.889. The van der Waals surface area contributed by atoms with E-state index in [0.717, 1.165) is 5.56 Å². The second kappa shape index (κ2) is 4.80. The Balaban J connectivity index is 2.43. The van der Waals surface area contributed by atoms with Crippen LogP contribution in [0.15, 0.2) is 30.3 Å². The van der Waals surface area contributed by atoms with Crippen molar-refractivity contribution in [3.63, 3.8) is 0 Å². The zero-order chi connectivity index (χ0) is 13.3. The van der Waals surface area contributed by atoms with Crippen molar-refractivity contribution < 1.29 is 14.7 Å². The summed E-state index contributed by atoms with van der Waals surface area (Å²) in [6.45, 7) is 3.83. The van der Waals surface area contributed by atoms with Gasteiger partial charge in [0.1, 0.15) is 0 Å². The fourth-order valence-electron chi connectivity index (χ4n) is 2.63. The van der Waals surface area contributed by atoms with Gasteiger partial charge in [0, 0.05) is 12.5 Å². The Labute approximate surface area is 106 Å². The highest BCUT2D eigenvalue weighted by molar-refractivity contribution is 5.87. The minimum atomic E-state index is -0.902. The van der Waals surface area contributed by atoms with Crippen LogP contribution < -0.4 is 0 Å². The molecular weight excluding hydrogens is 230 g/mol. The summed E-state index contributed by atoms with van der Waals surface area (Å²) in [5, 5.41) is 9.28.